The Bertz CT molecular complexity index is 943. The third-order valence-electron chi connectivity index (χ3n) is 7.26. The van der Waals surface area contributed by atoms with Crippen molar-refractivity contribution in [3.8, 4) is 11.5 Å². The summed E-state index contributed by atoms with van der Waals surface area (Å²) in [6.45, 7) is 2.97. The molecule has 0 bridgehead atoms. The smallest absolute Gasteiger partial charge is 0.220 e. The second-order valence-corrected chi connectivity index (χ2v) is 11.8. The van der Waals surface area contributed by atoms with Crippen molar-refractivity contribution in [2.24, 2.45) is 11.8 Å². The van der Waals surface area contributed by atoms with Crippen LogP contribution in [0.25, 0.3) is 0 Å². The van der Waals surface area contributed by atoms with Gasteiger partial charge in [0.1, 0.15) is 13.2 Å². The highest BCUT2D eigenvalue weighted by atomic mass is 32.2. The van der Waals surface area contributed by atoms with Crippen LogP contribution in [0.15, 0.2) is 12.1 Å². The number of rotatable bonds is 16. The quantitative estimate of drug-likeness (QED) is 0.212. The van der Waals surface area contributed by atoms with Crippen LogP contribution < -0.4 is 20.1 Å². The van der Waals surface area contributed by atoms with Gasteiger partial charge in [0.2, 0.25) is 11.8 Å². The van der Waals surface area contributed by atoms with E-state index >= 15 is 0 Å². The lowest BCUT2D eigenvalue weighted by Crippen LogP contribution is -2.30. The van der Waals surface area contributed by atoms with Crippen molar-refractivity contribution in [3.05, 3.63) is 23.3 Å². The molecule has 0 heterocycles. The Labute approximate surface area is 236 Å². The second kappa shape index (κ2) is 16.7. The maximum Gasteiger partial charge on any atom is 0.220 e. The molecule has 2 amide bonds. The zero-order valence-electron chi connectivity index (χ0n) is 22.6. The average Bonchev–Trinajstić information content (AvgIpc) is 3.59. The Morgan fingerprint density at radius 1 is 0.868 bits per heavy atom. The summed E-state index contributed by atoms with van der Waals surface area (Å²) >= 11 is 6.34. The zero-order valence-corrected chi connectivity index (χ0v) is 24.2. The maximum atomic E-state index is 12.3. The Morgan fingerprint density at radius 3 is 1.79 bits per heavy atom. The summed E-state index contributed by atoms with van der Waals surface area (Å²) in [5, 5.41) is 7.62. The number of ether oxygens (including phenoxy) is 2. The molecule has 0 aromatic heterocycles. The van der Waals surface area contributed by atoms with Crippen LogP contribution in [0.2, 0.25) is 0 Å². The third-order valence-corrected chi connectivity index (χ3v) is 8.29. The van der Waals surface area contributed by atoms with E-state index < -0.39 is 0 Å². The number of benzene rings is 1. The number of carbonyl (C=O) groups is 3. The van der Waals surface area contributed by atoms with Crippen molar-refractivity contribution in [3.63, 3.8) is 0 Å². The first-order chi connectivity index (χ1) is 18.4. The molecule has 3 rings (SSSR count). The second-order valence-electron chi connectivity index (χ2n) is 10.3. The van der Waals surface area contributed by atoms with E-state index in [1.807, 2.05) is 12.1 Å². The van der Waals surface area contributed by atoms with Crippen molar-refractivity contribution in [1.29, 1.82) is 0 Å². The molecular weight excluding hydrogens is 520 g/mol. The van der Waals surface area contributed by atoms with Crippen molar-refractivity contribution in [2.45, 2.75) is 83.3 Å². The highest BCUT2D eigenvalue weighted by Crippen LogP contribution is 2.33. The molecule has 9 heteroatoms. The molecule has 2 fully saturated rings. The van der Waals surface area contributed by atoms with Gasteiger partial charge < -0.3 is 20.1 Å². The van der Waals surface area contributed by atoms with Crippen LogP contribution in [0.5, 0.6) is 11.5 Å². The monoisotopic (exact) mass is 562 g/mol. The first kappa shape index (κ1) is 30.4. The molecule has 7 nitrogen and oxygen atoms in total. The van der Waals surface area contributed by atoms with Gasteiger partial charge >= 0.3 is 0 Å². The van der Waals surface area contributed by atoms with E-state index in [0.717, 1.165) is 36.8 Å². The van der Waals surface area contributed by atoms with Crippen LogP contribution in [0.1, 0.15) is 82.3 Å². The molecule has 0 unspecified atom stereocenters. The summed E-state index contributed by atoms with van der Waals surface area (Å²) in [6, 6.07) is 3.81. The number of thioether (sulfide) groups is 1. The number of nitrogens with one attached hydrogen (secondary N) is 2. The van der Waals surface area contributed by atoms with Crippen LogP contribution in [0.3, 0.4) is 0 Å². The average molecular weight is 563 g/mol. The molecule has 210 valence electrons. The van der Waals surface area contributed by atoms with E-state index in [1.54, 1.807) is 12.3 Å². The molecule has 0 radical (unpaired) electrons. The molecule has 2 aliphatic carbocycles. The number of amides is 2. The van der Waals surface area contributed by atoms with Gasteiger partial charge in [-0.2, -0.15) is 0 Å². The Kier molecular flexibility index (Phi) is 13.4. The number of hydrogen-bond acceptors (Lipinski definition) is 7. The van der Waals surface area contributed by atoms with Crippen molar-refractivity contribution >= 4 is 46.3 Å². The van der Waals surface area contributed by atoms with Gasteiger partial charge in [-0.25, -0.2) is 0 Å². The molecular formula is C29H42N2O5S2. The van der Waals surface area contributed by atoms with Gasteiger partial charge in [-0.3, -0.25) is 14.4 Å². The number of thiocarbonyl (C=S) groups is 1. The fourth-order valence-corrected chi connectivity index (χ4v) is 6.07. The number of hydrogen-bond donors (Lipinski definition) is 2. The summed E-state index contributed by atoms with van der Waals surface area (Å²) in [4.78, 5) is 36.1. The van der Waals surface area contributed by atoms with E-state index in [0.29, 0.717) is 74.7 Å². The first-order valence-corrected chi connectivity index (χ1v) is 15.4. The minimum atomic E-state index is 0.0411. The highest BCUT2D eigenvalue weighted by Gasteiger charge is 2.19. The largest absolute Gasteiger partial charge is 0.488 e. The Hall–Kier alpha value is -2.13. The van der Waals surface area contributed by atoms with E-state index in [2.05, 4.69) is 10.6 Å². The van der Waals surface area contributed by atoms with Gasteiger partial charge in [-0.15, -0.1) is 0 Å². The molecule has 38 heavy (non-hydrogen) atoms. The van der Waals surface area contributed by atoms with Crippen LogP contribution in [0, 0.1) is 11.8 Å². The van der Waals surface area contributed by atoms with Crippen molar-refractivity contribution in [1.82, 2.24) is 10.6 Å². The van der Waals surface area contributed by atoms with E-state index in [1.165, 1.54) is 37.4 Å². The first-order valence-electron chi connectivity index (χ1n) is 14.0. The van der Waals surface area contributed by atoms with Gasteiger partial charge in [0.05, 0.1) is 13.1 Å². The standard InChI is InChI=1S/C29H42N2O5S2/c1-21(32)38-20-25-19-27(36-14-12-31-29(34)17-23-8-4-5-9-23)26(18-24(25)10-15-37)35-13-11-30-28(33)16-22-6-2-3-7-22/h15,18-19,22-23H,2-14,16-17,20H2,1H3,(H,30,33)(H,31,34). The SMILES string of the molecule is CC(=O)SCc1cc(OCCNC(=O)CC2CCCC2)c(OCCNC(=O)CC2CCCC2)cc1CC=S. The molecule has 0 saturated heterocycles. The lowest BCUT2D eigenvalue weighted by molar-refractivity contribution is -0.122. The fraction of sp³-hybridized carbons (Fsp3) is 0.655. The maximum absolute atomic E-state index is 12.3. The van der Waals surface area contributed by atoms with E-state index in [-0.39, 0.29) is 16.9 Å². The van der Waals surface area contributed by atoms with Crippen LogP contribution in [0.4, 0.5) is 0 Å². The van der Waals surface area contributed by atoms with E-state index in [9.17, 15) is 14.4 Å². The Morgan fingerprint density at radius 2 is 1.34 bits per heavy atom. The molecule has 1 aromatic rings. The Balaban J connectivity index is 1.56. The summed E-state index contributed by atoms with van der Waals surface area (Å²) in [7, 11) is 0. The van der Waals surface area contributed by atoms with Gasteiger partial charge in [0.25, 0.3) is 0 Å². The van der Waals surface area contributed by atoms with Crippen molar-refractivity contribution in [2.75, 3.05) is 26.3 Å². The summed E-state index contributed by atoms with van der Waals surface area (Å²) < 4.78 is 12.1. The fourth-order valence-electron chi connectivity index (χ4n) is 5.26. The van der Waals surface area contributed by atoms with E-state index in [4.69, 9.17) is 21.7 Å². The molecule has 2 N–H and O–H groups in total. The van der Waals surface area contributed by atoms with Crippen LogP contribution in [-0.2, 0) is 26.6 Å². The topological polar surface area (TPSA) is 93.7 Å². The van der Waals surface area contributed by atoms with Gasteiger partial charge in [-0.05, 0) is 66.1 Å². The molecule has 1 aromatic carbocycles. The molecule has 0 spiro atoms. The molecule has 0 aliphatic heterocycles. The van der Waals surface area contributed by atoms with Crippen LogP contribution in [-0.4, -0.2) is 48.6 Å². The third kappa shape index (κ3) is 10.9. The normalized spacial score (nSPS) is 15.8. The molecule has 2 saturated carbocycles. The van der Waals surface area contributed by atoms with Crippen molar-refractivity contribution < 1.29 is 23.9 Å². The molecule has 2 aliphatic rings. The predicted octanol–water partition coefficient (Wildman–Crippen LogP) is 5.16. The lowest BCUT2D eigenvalue weighted by atomic mass is 10.0. The van der Waals surface area contributed by atoms with Gasteiger partial charge in [0, 0.05) is 31.9 Å². The zero-order chi connectivity index (χ0) is 27.2. The summed E-state index contributed by atoms with van der Waals surface area (Å²) in [5.74, 6) is 2.79. The minimum absolute atomic E-state index is 0.0411. The van der Waals surface area contributed by atoms with Crippen LogP contribution >= 0.6 is 24.0 Å². The number of carbonyl (C=O) groups excluding carboxylic acids is 3. The predicted molar refractivity (Wildman–Crippen MR) is 156 cm³/mol. The summed E-state index contributed by atoms with van der Waals surface area (Å²) in [5.41, 5.74) is 1.94. The lowest BCUT2D eigenvalue weighted by Gasteiger charge is -2.18. The highest BCUT2D eigenvalue weighted by molar-refractivity contribution is 8.12. The summed E-state index contributed by atoms with van der Waals surface area (Å²) in [6.07, 6.45) is 11.2. The van der Waals surface area contributed by atoms with Gasteiger partial charge in [0.15, 0.2) is 16.6 Å². The minimum Gasteiger partial charge on any atom is -0.488 e. The molecule has 0 atom stereocenters. The van der Waals surface area contributed by atoms with Gasteiger partial charge in [-0.1, -0.05) is 49.7 Å².